The Morgan fingerprint density at radius 1 is 1.44 bits per heavy atom. The third-order valence-electron chi connectivity index (χ3n) is 4.47. The van der Waals surface area contributed by atoms with Crippen LogP contribution >= 0.6 is 0 Å². The van der Waals surface area contributed by atoms with Crippen LogP contribution in [-0.2, 0) is 20.8 Å². The number of hydrogen-bond acceptors (Lipinski definition) is 4. The Morgan fingerprint density at radius 3 is 3.12 bits per heavy atom. The van der Waals surface area contributed by atoms with Gasteiger partial charge < -0.3 is 14.8 Å². The van der Waals surface area contributed by atoms with Crippen LogP contribution in [0.4, 0.5) is 5.69 Å². The first kappa shape index (κ1) is 17.6. The first-order chi connectivity index (χ1) is 12.2. The maximum absolute atomic E-state index is 12.8. The number of amides is 1. The third-order valence-corrected chi connectivity index (χ3v) is 4.47. The largest absolute Gasteiger partial charge is 0.385 e. The van der Waals surface area contributed by atoms with Crippen molar-refractivity contribution in [2.45, 2.75) is 32.4 Å². The monoisotopic (exact) mass is 343 g/mol. The molecule has 0 radical (unpaired) electrons. The van der Waals surface area contributed by atoms with Gasteiger partial charge in [0.25, 0.3) is 0 Å². The molecule has 0 bridgehead atoms. The van der Waals surface area contributed by atoms with E-state index in [1.165, 1.54) is 0 Å². The molecular formula is C19H25N3O3. The van der Waals surface area contributed by atoms with Crippen molar-refractivity contribution in [3.63, 3.8) is 0 Å². The second-order valence-electron chi connectivity index (χ2n) is 6.37. The van der Waals surface area contributed by atoms with E-state index in [-0.39, 0.29) is 17.9 Å². The number of carbonyl (C=O) groups is 1. The van der Waals surface area contributed by atoms with Crippen LogP contribution in [0.15, 0.2) is 36.5 Å². The molecule has 0 spiro atoms. The number of carbonyl (C=O) groups excluding carboxylic acids is 1. The lowest BCUT2D eigenvalue weighted by Gasteiger charge is -2.19. The minimum absolute atomic E-state index is 0.00209. The standard InChI is InChI=1S/C19H25N3O3/c1-14-5-3-6-15(13-14)21-19(23)16-8-12-25-18(16)17-7-9-20-22(17)10-4-11-24-2/h3,5-7,9,13,16,18H,4,8,10-12H2,1-2H3,(H,21,23)/t16-,18-/m0/s1. The molecule has 1 aliphatic rings. The number of benzene rings is 1. The summed E-state index contributed by atoms with van der Waals surface area (Å²) in [6, 6.07) is 9.77. The first-order valence-corrected chi connectivity index (χ1v) is 8.69. The number of rotatable bonds is 7. The van der Waals surface area contributed by atoms with E-state index in [0.29, 0.717) is 19.6 Å². The molecule has 1 aliphatic heterocycles. The Morgan fingerprint density at radius 2 is 2.32 bits per heavy atom. The van der Waals surface area contributed by atoms with Gasteiger partial charge in [-0.2, -0.15) is 5.10 Å². The van der Waals surface area contributed by atoms with E-state index >= 15 is 0 Å². The highest BCUT2D eigenvalue weighted by Gasteiger charge is 2.37. The molecule has 1 aromatic heterocycles. The average Bonchev–Trinajstić information content (AvgIpc) is 3.23. The second kappa shape index (κ2) is 8.27. The van der Waals surface area contributed by atoms with Gasteiger partial charge in [-0.25, -0.2) is 0 Å². The Hall–Kier alpha value is -2.18. The summed E-state index contributed by atoms with van der Waals surface area (Å²) in [6.07, 6.45) is 3.10. The number of methoxy groups -OCH3 is 1. The highest BCUT2D eigenvalue weighted by Crippen LogP contribution is 2.35. The summed E-state index contributed by atoms with van der Waals surface area (Å²) >= 11 is 0. The molecule has 3 rings (SSSR count). The van der Waals surface area contributed by atoms with Crippen LogP contribution in [0.2, 0.25) is 0 Å². The zero-order chi connectivity index (χ0) is 17.6. The van der Waals surface area contributed by atoms with Crippen LogP contribution in [0.5, 0.6) is 0 Å². The highest BCUT2D eigenvalue weighted by molar-refractivity contribution is 5.93. The van der Waals surface area contributed by atoms with Gasteiger partial charge in [0.05, 0.1) is 11.6 Å². The third kappa shape index (κ3) is 4.27. The van der Waals surface area contributed by atoms with Crippen molar-refractivity contribution in [3.05, 3.63) is 47.8 Å². The molecule has 0 saturated carbocycles. The van der Waals surface area contributed by atoms with Gasteiger partial charge in [-0.1, -0.05) is 12.1 Å². The number of nitrogens with zero attached hydrogens (tertiary/aromatic N) is 2. The van der Waals surface area contributed by atoms with Crippen molar-refractivity contribution in [2.24, 2.45) is 5.92 Å². The smallest absolute Gasteiger partial charge is 0.230 e. The van der Waals surface area contributed by atoms with Gasteiger partial charge in [-0.15, -0.1) is 0 Å². The SMILES string of the molecule is COCCCn1nccc1[C@H]1OCC[C@@H]1C(=O)Nc1cccc(C)c1. The first-order valence-electron chi connectivity index (χ1n) is 8.69. The van der Waals surface area contributed by atoms with E-state index < -0.39 is 0 Å². The molecule has 25 heavy (non-hydrogen) atoms. The maximum Gasteiger partial charge on any atom is 0.230 e. The summed E-state index contributed by atoms with van der Waals surface area (Å²) in [5, 5.41) is 7.39. The van der Waals surface area contributed by atoms with E-state index in [1.54, 1.807) is 13.3 Å². The van der Waals surface area contributed by atoms with Crippen molar-refractivity contribution in [3.8, 4) is 0 Å². The van der Waals surface area contributed by atoms with E-state index in [0.717, 1.165) is 29.9 Å². The molecule has 1 N–H and O–H groups in total. The Kier molecular flexibility index (Phi) is 5.83. The van der Waals surface area contributed by atoms with Gasteiger partial charge in [0, 0.05) is 38.8 Å². The lowest BCUT2D eigenvalue weighted by Crippen LogP contribution is -2.26. The molecule has 1 aromatic carbocycles. The van der Waals surface area contributed by atoms with Crippen LogP contribution in [0.1, 0.15) is 30.2 Å². The maximum atomic E-state index is 12.8. The zero-order valence-corrected chi connectivity index (χ0v) is 14.8. The molecule has 134 valence electrons. The van der Waals surface area contributed by atoms with E-state index in [2.05, 4.69) is 10.4 Å². The second-order valence-corrected chi connectivity index (χ2v) is 6.37. The normalized spacial score (nSPS) is 19.9. The van der Waals surface area contributed by atoms with Crippen LogP contribution in [0.3, 0.4) is 0 Å². The van der Waals surface area contributed by atoms with Crippen LogP contribution < -0.4 is 5.32 Å². The number of anilines is 1. The molecule has 0 aliphatic carbocycles. The van der Waals surface area contributed by atoms with E-state index in [4.69, 9.17) is 9.47 Å². The Bertz CT molecular complexity index is 713. The fourth-order valence-electron chi connectivity index (χ4n) is 3.24. The van der Waals surface area contributed by atoms with Gasteiger partial charge in [-0.3, -0.25) is 9.48 Å². The summed E-state index contributed by atoms with van der Waals surface area (Å²) in [7, 11) is 1.69. The quantitative estimate of drug-likeness (QED) is 0.785. The van der Waals surface area contributed by atoms with Gasteiger partial charge in [0.15, 0.2) is 0 Å². The summed E-state index contributed by atoms with van der Waals surface area (Å²) in [5.74, 6) is -0.212. The van der Waals surface area contributed by atoms with Gasteiger partial charge in [-0.05, 0) is 43.5 Å². The summed E-state index contributed by atoms with van der Waals surface area (Å²) in [5.41, 5.74) is 2.90. The van der Waals surface area contributed by atoms with E-state index in [1.807, 2.05) is 41.9 Å². The van der Waals surface area contributed by atoms with Crippen LogP contribution in [0.25, 0.3) is 0 Å². The zero-order valence-electron chi connectivity index (χ0n) is 14.8. The molecule has 1 fully saturated rings. The van der Waals surface area contributed by atoms with Gasteiger partial charge in [0.1, 0.15) is 6.10 Å². The number of aromatic nitrogens is 2. The summed E-state index contributed by atoms with van der Waals surface area (Å²) < 4.78 is 12.9. The Labute approximate surface area is 148 Å². The topological polar surface area (TPSA) is 65.4 Å². The van der Waals surface area contributed by atoms with Crippen molar-refractivity contribution in [1.29, 1.82) is 0 Å². The van der Waals surface area contributed by atoms with Gasteiger partial charge in [0.2, 0.25) is 5.91 Å². The van der Waals surface area contributed by atoms with E-state index in [9.17, 15) is 4.79 Å². The number of ether oxygens (including phenoxy) is 2. The van der Waals surface area contributed by atoms with Crippen LogP contribution in [0, 0.1) is 12.8 Å². The molecular weight excluding hydrogens is 318 g/mol. The minimum Gasteiger partial charge on any atom is -0.385 e. The lowest BCUT2D eigenvalue weighted by atomic mass is 9.97. The predicted molar refractivity (Wildman–Crippen MR) is 95.3 cm³/mol. The predicted octanol–water partition coefficient (Wildman–Crippen LogP) is 2.94. The van der Waals surface area contributed by atoms with Gasteiger partial charge >= 0.3 is 0 Å². The average molecular weight is 343 g/mol. The molecule has 1 amide bonds. The summed E-state index contributed by atoms with van der Waals surface area (Å²) in [4.78, 5) is 12.8. The fraction of sp³-hybridized carbons (Fsp3) is 0.474. The van der Waals surface area contributed by atoms with Crippen molar-refractivity contribution >= 4 is 11.6 Å². The minimum atomic E-state index is -0.255. The molecule has 2 heterocycles. The van der Waals surface area contributed by atoms with Crippen LogP contribution in [-0.4, -0.2) is 36.0 Å². The van der Waals surface area contributed by atoms with Crippen molar-refractivity contribution in [1.82, 2.24) is 9.78 Å². The lowest BCUT2D eigenvalue weighted by molar-refractivity contribution is -0.121. The number of nitrogens with one attached hydrogen (secondary N) is 1. The molecule has 6 heteroatoms. The molecule has 1 saturated heterocycles. The summed E-state index contributed by atoms with van der Waals surface area (Å²) in [6.45, 7) is 4.03. The molecule has 6 nitrogen and oxygen atoms in total. The number of aryl methyl sites for hydroxylation is 2. The van der Waals surface area contributed by atoms with Crippen molar-refractivity contribution in [2.75, 3.05) is 25.6 Å². The molecule has 2 aromatic rings. The van der Waals surface area contributed by atoms with Crippen molar-refractivity contribution < 1.29 is 14.3 Å². The fourth-order valence-corrected chi connectivity index (χ4v) is 3.24. The molecule has 0 unspecified atom stereocenters. The Balaban J connectivity index is 1.70. The highest BCUT2D eigenvalue weighted by atomic mass is 16.5. The molecule has 2 atom stereocenters. The number of hydrogen-bond donors (Lipinski definition) is 1.